The zero-order chi connectivity index (χ0) is 17.0. The first-order valence-corrected chi connectivity index (χ1v) is 7.88. The first-order valence-electron chi connectivity index (χ1n) is 7.88. The van der Waals surface area contributed by atoms with Crippen LogP contribution in [0.3, 0.4) is 0 Å². The highest BCUT2D eigenvalue weighted by molar-refractivity contribution is 5.91. The van der Waals surface area contributed by atoms with Crippen molar-refractivity contribution in [3.63, 3.8) is 0 Å². The topological polar surface area (TPSA) is 78.9 Å². The summed E-state index contributed by atoms with van der Waals surface area (Å²) in [4.78, 5) is 25.1. The minimum absolute atomic E-state index is 0.227. The lowest BCUT2D eigenvalue weighted by molar-refractivity contribution is -0.146. The van der Waals surface area contributed by atoms with Crippen LogP contribution in [0.2, 0.25) is 0 Å². The quantitative estimate of drug-likeness (QED) is 0.873. The maximum atomic E-state index is 12.3. The van der Waals surface area contributed by atoms with E-state index < -0.39 is 11.4 Å². The van der Waals surface area contributed by atoms with Crippen molar-refractivity contribution in [2.24, 2.45) is 5.41 Å². The van der Waals surface area contributed by atoms with Gasteiger partial charge < -0.3 is 20.1 Å². The van der Waals surface area contributed by atoms with Crippen molar-refractivity contribution in [2.45, 2.75) is 33.6 Å². The number of anilines is 1. The average Bonchev–Trinajstić information content (AvgIpc) is 2.91. The first-order chi connectivity index (χ1) is 10.9. The molecule has 1 aliphatic heterocycles. The van der Waals surface area contributed by atoms with E-state index in [0.29, 0.717) is 25.3 Å². The van der Waals surface area contributed by atoms with Gasteiger partial charge in [0, 0.05) is 18.8 Å². The Morgan fingerprint density at radius 1 is 1.43 bits per heavy atom. The van der Waals surface area contributed by atoms with E-state index >= 15 is 0 Å². The molecule has 6 nitrogen and oxygen atoms in total. The zero-order valence-corrected chi connectivity index (χ0v) is 13.9. The van der Waals surface area contributed by atoms with Gasteiger partial charge in [0.2, 0.25) is 0 Å². The van der Waals surface area contributed by atoms with Gasteiger partial charge >= 0.3 is 12.0 Å². The average molecular weight is 320 g/mol. The van der Waals surface area contributed by atoms with Gasteiger partial charge in [-0.25, -0.2) is 4.79 Å². The number of hydrogen-bond acceptors (Lipinski definition) is 3. The Kier molecular flexibility index (Phi) is 5.13. The van der Waals surface area contributed by atoms with Gasteiger partial charge in [-0.1, -0.05) is 6.92 Å². The van der Waals surface area contributed by atoms with Gasteiger partial charge in [-0.15, -0.1) is 0 Å². The van der Waals surface area contributed by atoms with Crippen molar-refractivity contribution in [3.05, 3.63) is 23.8 Å². The molecule has 1 aromatic carbocycles. The number of likely N-dealkylation sites (tertiary alicyclic amines) is 1. The molecule has 23 heavy (non-hydrogen) atoms. The van der Waals surface area contributed by atoms with Gasteiger partial charge in [-0.3, -0.25) is 4.79 Å². The van der Waals surface area contributed by atoms with Crippen LogP contribution in [0.1, 0.15) is 32.3 Å². The number of rotatable bonds is 5. The van der Waals surface area contributed by atoms with E-state index in [2.05, 4.69) is 5.32 Å². The number of carboxylic acids is 1. The fraction of sp³-hybridized carbons (Fsp3) is 0.529. The minimum Gasteiger partial charge on any atom is -0.494 e. The van der Waals surface area contributed by atoms with Gasteiger partial charge in [-0.05, 0) is 50.5 Å². The van der Waals surface area contributed by atoms with E-state index in [1.165, 1.54) is 0 Å². The van der Waals surface area contributed by atoms with Crippen LogP contribution in [0.4, 0.5) is 10.5 Å². The van der Waals surface area contributed by atoms with Gasteiger partial charge in [0.1, 0.15) is 5.75 Å². The number of nitrogens with one attached hydrogen (secondary N) is 1. The van der Waals surface area contributed by atoms with Crippen molar-refractivity contribution in [1.29, 1.82) is 0 Å². The molecule has 6 heteroatoms. The molecule has 0 saturated carbocycles. The van der Waals surface area contributed by atoms with Gasteiger partial charge in [0.25, 0.3) is 0 Å². The smallest absolute Gasteiger partial charge is 0.321 e. The molecule has 0 aromatic heterocycles. The summed E-state index contributed by atoms with van der Waals surface area (Å²) in [5.74, 6) is -0.0802. The highest BCUT2D eigenvalue weighted by Crippen LogP contribution is 2.31. The summed E-state index contributed by atoms with van der Waals surface area (Å²) in [6, 6.07) is 5.26. The lowest BCUT2D eigenvalue weighted by Crippen LogP contribution is -2.37. The number of urea groups is 1. The van der Waals surface area contributed by atoms with E-state index in [0.717, 1.165) is 17.7 Å². The second-order valence-electron chi connectivity index (χ2n) is 6.29. The fourth-order valence-electron chi connectivity index (χ4n) is 2.59. The summed E-state index contributed by atoms with van der Waals surface area (Å²) in [7, 11) is 0. The number of nitrogens with zero attached hydrogens (tertiary/aromatic N) is 1. The molecule has 2 amide bonds. The van der Waals surface area contributed by atoms with Crippen molar-refractivity contribution >= 4 is 17.7 Å². The summed E-state index contributed by atoms with van der Waals surface area (Å²) in [5.41, 5.74) is 0.763. The molecule has 2 N–H and O–H groups in total. The molecule has 0 radical (unpaired) electrons. The Morgan fingerprint density at radius 2 is 2.17 bits per heavy atom. The lowest BCUT2D eigenvalue weighted by Gasteiger charge is -2.21. The summed E-state index contributed by atoms with van der Waals surface area (Å²) in [6.45, 7) is 6.96. The second-order valence-corrected chi connectivity index (χ2v) is 6.29. The van der Waals surface area contributed by atoms with Crippen LogP contribution in [0.5, 0.6) is 5.75 Å². The van der Waals surface area contributed by atoms with Crippen LogP contribution in [0.15, 0.2) is 18.2 Å². The molecule has 0 spiro atoms. The van der Waals surface area contributed by atoms with E-state index in [1.807, 2.05) is 32.0 Å². The minimum atomic E-state index is -0.860. The Hall–Kier alpha value is -2.24. The Bertz CT molecular complexity index is 602. The maximum absolute atomic E-state index is 12.3. The molecule has 1 unspecified atom stereocenters. The number of aryl methyl sites for hydroxylation is 1. The molecule has 1 aromatic rings. The van der Waals surface area contributed by atoms with Crippen LogP contribution in [0, 0.1) is 12.3 Å². The predicted octanol–water partition coefficient (Wildman–Crippen LogP) is 3.11. The van der Waals surface area contributed by atoms with Crippen LogP contribution in [-0.4, -0.2) is 41.7 Å². The summed E-state index contributed by atoms with van der Waals surface area (Å²) in [5, 5.41) is 12.1. The maximum Gasteiger partial charge on any atom is 0.321 e. The number of ether oxygens (including phenoxy) is 1. The SMILES string of the molecule is CCCOc1ccc(NC(=O)N2CCC(C)(C(=O)O)C2)c(C)c1. The molecule has 1 fully saturated rings. The first kappa shape index (κ1) is 17.1. The number of carbonyl (C=O) groups is 2. The van der Waals surface area contributed by atoms with Crippen molar-refractivity contribution < 1.29 is 19.4 Å². The predicted molar refractivity (Wildman–Crippen MR) is 87.9 cm³/mol. The molecule has 0 bridgehead atoms. The highest BCUT2D eigenvalue weighted by Gasteiger charge is 2.42. The third-order valence-electron chi connectivity index (χ3n) is 4.19. The van der Waals surface area contributed by atoms with E-state index in [1.54, 1.807) is 11.8 Å². The summed E-state index contributed by atoms with van der Waals surface area (Å²) < 4.78 is 5.56. The van der Waals surface area contributed by atoms with Crippen LogP contribution in [0.25, 0.3) is 0 Å². The second kappa shape index (κ2) is 6.89. The molecular formula is C17H24N2O4. The molecule has 126 valence electrons. The van der Waals surface area contributed by atoms with Crippen molar-refractivity contribution in [1.82, 2.24) is 4.90 Å². The van der Waals surface area contributed by atoms with Crippen LogP contribution >= 0.6 is 0 Å². The monoisotopic (exact) mass is 320 g/mol. The Morgan fingerprint density at radius 3 is 2.74 bits per heavy atom. The molecule has 1 saturated heterocycles. The third-order valence-corrected chi connectivity index (χ3v) is 4.19. The largest absolute Gasteiger partial charge is 0.494 e. The molecule has 1 aliphatic rings. The highest BCUT2D eigenvalue weighted by atomic mass is 16.5. The molecule has 2 rings (SSSR count). The van der Waals surface area contributed by atoms with Gasteiger partial charge in [0.05, 0.1) is 12.0 Å². The van der Waals surface area contributed by atoms with Gasteiger partial charge in [0.15, 0.2) is 0 Å². The van der Waals surface area contributed by atoms with E-state index in [4.69, 9.17) is 4.74 Å². The standard InChI is InChI=1S/C17H24N2O4/c1-4-9-23-13-5-6-14(12(2)10-13)18-16(22)19-8-7-17(3,11-19)15(20)21/h5-6,10H,4,7-9,11H2,1-3H3,(H,18,22)(H,20,21). The number of hydrogen-bond donors (Lipinski definition) is 2. The molecule has 1 heterocycles. The van der Waals surface area contributed by atoms with E-state index in [-0.39, 0.29) is 12.6 Å². The Labute approximate surface area is 136 Å². The molecular weight excluding hydrogens is 296 g/mol. The number of amides is 2. The van der Waals surface area contributed by atoms with E-state index in [9.17, 15) is 14.7 Å². The molecule has 1 atom stereocenters. The number of carbonyl (C=O) groups excluding carboxylic acids is 1. The number of carboxylic acid groups (broad SMARTS) is 1. The van der Waals surface area contributed by atoms with Crippen molar-refractivity contribution in [2.75, 3.05) is 25.0 Å². The van der Waals surface area contributed by atoms with Crippen molar-refractivity contribution in [3.8, 4) is 5.75 Å². The third kappa shape index (κ3) is 3.94. The number of benzene rings is 1. The molecule has 0 aliphatic carbocycles. The summed E-state index contributed by atoms with van der Waals surface area (Å²) >= 11 is 0. The summed E-state index contributed by atoms with van der Waals surface area (Å²) in [6.07, 6.45) is 1.41. The van der Waals surface area contributed by atoms with Gasteiger partial charge in [-0.2, -0.15) is 0 Å². The lowest BCUT2D eigenvalue weighted by atomic mass is 9.90. The van der Waals surface area contributed by atoms with Crippen LogP contribution < -0.4 is 10.1 Å². The zero-order valence-electron chi connectivity index (χ0n) is 13.9. The fourth-order valence-corrected chi connectivity index (χ4v) is 2.59. The van der Waals surface area contributed by atoms with Crippen LogP contribution in [-0.2, 0) is 4.79 Å². The normalized spacial score (nSPS) is 20.4. The Balaban J connectivity index is 2.00. The number of aliphatic carboxylic acids is 1.